The van der Waals surface area contributed by atoms with Gasteiger partial charge in [0.05, 0.1) is 0 Å². The first-order valence-corrected chi connectivity index (χ1v) is 26.9. The van der Waals surface area contributed by atoms with Gasteiger partial charge in [0.15, 0.2) is 6.10 Å². The van der Waals surface area contributed by atoms with Crippen LogP contribution in [0.4, 0.5) is 0 Å². The van der Waals surface area contributed by atoms with Gasteiger partial charge in [-0.1, -0.05) is 235 Å². The third-order valence-electron chi connectivity index (χ3n) is 11.5. The van der Waals surface area contributed by atoms with E-state index >= 15 is 0 Å². The van der Waals surface area contributed by atoms with Gasteiger partial charge in [0.25, 0.3) is 0 Å². The van der Waals surface area contributed by atoms with E-state index in [4.69, 9.17) is 14.2 Å². The molecule has 6 heteroatoms. The maximum Gasteiger partial charge on any atom is 0.306 e. The van der Waals surface area contributed by atoms with Gasteiger partial charge in [-0.05, 0) is 77.0 Å². The van der Waals surface area contributed by atoms with Crippen molar-refractivity contribution in [1.29, 1.82) is 0 Å². The molecule has 0 aromatic heterocycles. The van der Waals surface area contributed by atoms with Crippen LogP contribution in [0.5, 0.6) is 0 Å². The second kappa shape index (κ2) is 52.5. The van der Waals surface area contributed by atoms with Crippen LogP contribution >= 0.6 is 0 Å². The summed E-state index contributed by atoms with van der Waals surface area (Å²) in [5.41, 5.74) is 0. The zero-order valence-corrected chi connectivity index (χ0v) is 42.0. The Morgan fingerprint density at radius 3 is 1.02 bits per heavy atom. The van der Waals surface area contributed by atoms with Gasteiger partial charge in [0, 0.05) is 19.3 Å². The molecule has 0 aliphatic carbocycles. The minimum Gasteiger partial charge on any atom is -0.462 e. The molecule has 6 nitrogen and oxygen atoms in total. The first kappa shape index (κ1) is 60.9. The number of hydrogen-bond donors (Lipinski definition) is 0. The third kappa shape index (κ3) is 49.9. The van der Waals surface area contributed by atoms with E-state index in [1.165, 1.54) is 141 Å². The highest BCUT2D eigenvalue weighted by Gasteiger charge is 2.19. The van der Waals surface area contributed by atoms with E-state index < -0.39 is 6.10 Å². The Balaban J connectivity index is 4.21. The standard InChI is InChI=1S/C58H100O6/c1-4-7-10-13-16-19-21-23-24-25-26-27-28-29-30-31-32-33-34-36-37-39-42-45-48-51-57(60)63-54-55(53-62-56(59)50-47-44-41-18-15-12-9-6-3)64-58(61)52-49-46-43-40-38-35-22-20-17-14-11-8-5-2/h8,11,17,20-21,23,25-26,35,38,43,46,55H,4-7,9-10,12-16,18-19,22,24,27-34,36-37,39-42,44-45,47-54H2,1-3H3/b11-8-,20-17-,23-21-,26-25-,38-35-,46-43-. The van der Waals surface area contributed by atoms with E-state index in [-0.39, 0.29) is 37.5 Å². The van der Waals surface area contributed by atoms with Crippen LogP contribution in [-0.4, -0.2) is 37.2 Å². The largest absolute Gasteiger partial charge is 0.462 e. The molecule has 0 rings (SSSR count). The van der Waals surface area contributed by atoms with Crippen LogP contribution in [0.2, 0.25) is 0 Å². The Labute approximate surface area is 395 Å². The van der Waals surface area contributed by atoms with Crippen molar-refractivity contribution in [2.24, 2.45) is 0 Å². The molecule has 64 heavy (non-hydrogen) atoms. The first-order valence-electron chi connectivity index (χ1n) is 26.9. The quantitative estimate of drug-likeness (QED) is 0.0262. The highest BCUT2D eigenvalue weighted by Crippen LogP contribution is 2.15. The number of carbonyl (C=O) groups is 3. The molecule has 0 radical (unpaired) electrons. The summed E-state index contributed by atoms with van der Waals surface area (Å²) in [6.07, 6.45) is 66.4. The Morgan fingerprint density at radius 2 is 0.641 bits per heavy atom. The van der Waals surface area contributed by atoms with Crippen molar-refractivity contribution in [2.45, 2.75) is 264 Å². The topological polar surface area (TPSA) is 78.9 Å². The summed E-state index contributed by atoms with van der Waals surface area (Å²) in [5, 5.41) is 0. The lowest BCUT2D eigenvalue weighted by Crippen LogP contribution is -2.30. The van der Waals surface area contributed by atoms with Gasteiger partial charge in [-0.15, -0.1) is 0 Å². The number of carbonyl (C=O) groups excluding carboxylic acids is 3. The van der Waals surface area contributed by atoms with E-state index in [9.17, 15) is 14.4 Å². The Morgan fingerprint density at radius 1 is 0.328 bits per heavy atom. The fraction of sp³-hybridized carbons (Fsp3) is 0.741. The molecule has 0 aliphatic rings. The smallest absolute Gasteiger partial charge is 0.306 e. The van der Waals surface area contributed by atoms with Crippen LogP contribution in [0.1, 0.15) is 258 Å². The average Bonchev–Trinajstić information content (AvgIpc) is 3.29. The van der Waals surface area contributed by atoms with Crippen LogP contribution in [0.25, 0.3) is 0 Å². The van der Waals surface area contributed by atoms with Gasteiger partial charge in [-0.2, -0.15) is 0 Å². The van der Waals surface area contributed by atoms with Crippen LogP contribution < -0.4 is 0 Å². The molecule has 0 saturated heterocycles. The number of esters is 3. The highest BCUT2D eigenvalue weighted by atomic mass is 16.6. The normalized spacial score (nSPS) is 12.6. The summed E-state index contributed by atoms with van der Waals surface area (Å²) in [4.78, 5) is 37.8. The summed E-state index contributed by atoms with van der Waals surface area (Å²) < 4.78 is 16.7. The van der Waals surface area contributed by atoms with Gasteiger partial charge < -0.3 is 14.2 Å². The predicted octanol–water partition coefficient (Wildman–Crippen LogP) is 17.8. The van der Waals surface area contributed by atoms with E-state index in [1.807, 2.05) is 12.2 Å². The molecule has 0 aromatic rings. The van der Waals surface area contributed by atoms with Crippen molar-refractivity contribution in [2.75, 3.05) is 13.2 Å². The molecule has 1 atom stereocenters. The molecule has 0 aromatic carbocycles. The summed E-state index contributed by atoms with van der Waals surface area (Å²) in [5.74, 6) is -0.988. The monoisotopic (exact) mass is 893 g/mol. The van der Waals surface area contributed by atoms with Crippen LogP contribution in [0, 0.1) is 0 Å². The minimum absolute atomic E-state index is 0.103. The fourth-order valence-electron chi connectivity index (χ4n) is 7.43. The van der Waals surface area contributed by atoms with Crippen molar-refractivity contribution >= 4 is 17.9 Å². The fourth-order valence-corrected chi connectivity index (χ4v) is 7.43. The van der Waals surface area contributed by atoms with Crippen molar-refractivity contribution in [1.82, 2.24) is 0 Å². The van der Waals surface area contributed by atoms with Crippen molar-refractivity contribution < 1.29 is 28.6 Å². The second-order valence-electron chi connectivity index (χ2n) is 17.8. The van der Waals surface area contributed by atoms with Gasteiger partial charge in [-0.3, -0.25) is 14.4 Å². The van der Waals surface area contributed by atoms with Crippen molar-refractivity contribution in [3.05, 3.63) is 72.9 Å². The summed E-state index contributed by atoms with van der Waals surface area (Å²) in [6.45, 7) is 6.42. The number of rotatable bonds is 48. The summed E-state index contributed by atoms with van der Waals surface area (Å²) in [6, 6.07) is 0. The first-order chi connectivity index (χ1) is 31.5. The lowest BCUT2D eigenvalue weighted by atomic mass is 10.0. The average molecular weight is 893 g/mol. The molecular weight excluding hydrogens is 793 g/mol. The van der Waals surface area contributed by atoms with E-state index in [0.29, 0.717) is 19.3 Å². The molecule has 0 bridgehead atoms. The molecule has 368 valence electrons. The number of hydrogen-bond acceptors (Lipinski definition) is 6. The third-order valence-corrected chi connectivity index (χ3v) is 11.5. The van der Waals surface area contributed by atoms with Gasteiger partial charge in [0.1, 0.15) is 13.2 Å². The summed E-state index contributed by atoms with van der Waals surface area (Å²) in [7, 11) is 0. The molecule has 0 saturated carbocycles. The van der Waals surface area contributed by atoms with Crippen molar-refractivity contribution in [3.8, 4) is 0 Å². The number of unbranched alkanes of at least 4 members (excludes halogenated alkanes) is 25. The molecule has 1 unspecified atom stereocenters. The molecular formula is C58H100O6. The van der Waals surface area contributed by atoms with Crippen LogP contribution in [0.3, 0.4) is 0 Å². The molecule has 0 fully saturated rings. The Bertz CT molecular complexity index is 1210. The number of allylic oxidation sites excluding steroid dienone is 12. The zero-order chi connectivity index (χ0) is 46.5. The molecule has 0 heterocycles. The lowest BCUT2D eigenvalue weighted by molar-refractivity contribution is -0.166. The van der Waals surface area contributed by atoms with Crippen molar-refractivity contribution in [3.63, 3.8) is 0 Å². The van der Waals surface area contributed by atoms with E-state index in [1.54, 1.807) is 0 Å². The maximum absolute atomic E-state index is 12.7. The van der Waals surface area contributed by atoms with Crippen LogP contribution in [-0.2, 0) is 28.6 Å². The SMILES string of the molecule is CC/C=C\C/C=C\C/C=C\C/C=C\CCC(=O)OC(COC(=O)CCCCCCCCCC)COC(=O)CCCCCCCCCCCCCCC/C=C\C/C=C\CCCCCCC. The zero-order valence-electron chi connectivity index (χ0n) is 42.0. The minimum atomic E-state index is -0.809. The van der Waals surface area contributed by atoms with Gasteiger partial charge in [0.2, 0.25) is 0 Å². The molecule has 0 N–H and O–H groups in total. The Kier molecular flexibility index (Phi) is 49.9. The van der Waals surface area contributed by atoms with E-state index in [2.05, 4.69) is 81.5 Å². The van der Waals surface area contributed by atoms with Gasteiger partial charge >= 0.3 is 17.9 Å². The lowest BCUT2D eigenvalue weighted by Gasteiger charge is -2.18. The molecule has 0 aliphatic heterocycles. The second-order valence-corrected chi connectivity index (χ2v) is 17.8. The predicted molar refractivity (Wildman–Crippen MR) is 274 cm³/mol. The molecule has 0 amide bonds. The Hall–Kier alpha value is -3.15. The maximum atomic E-state index is 12.7. The van der Waals surface area contributed by atoms with Gasteiger partial charge in [-0.25, -0.2) is 0 Å². The van der Waals surface area contributed by atoms with E-state index in [0.717, 1.165) is 70.6 Å². The molecule has 0 spiro atoms. The highest BCUT2D eigenvalue weighted by molar-refractivity contribution is 5.71. The summed E-state index contributed by atoms with van der Waals surface area (Å²) >= 11 is 0. The van der Waals surface area contributed by atoms with Crippen LogP contribution in [0.15, 0.2) is 72.9 Å². The number of ether oxygens (including phenoxy) is 3.